The predicted octanol–water partition coefficient (Wildman–Crippen LogP) is 5.13. The van der Waals surface area contributed by atoms with Gasteiger partial charge in [-0.05, 0) is 36.4 Å². The summed E-state index contributed by atoms with van der Waals surface area (Å²) in [4.78, 5) is 1.98. The average Bonchev–Trinajstić information content (AvgIpc) is 2.40. The van der Waals surface area contributed by atoms with Crippen molar-refractivity contribution in [2.24, 2.45) is 0 Å². The van der Waals surface area contributed by atoms with Gasteiger partial charge >= 0.3 is 0 Å². The minimum absolute atomic E-state index is 0.169. The van der Waals surface area contributed by atoms with Crippen molar-refractivity contribution in [1.29, 1.82) is 0 Å². The molecule has 0 aromatic heterocycles. The fraction of sp³-hybridized carbons (Fsp3) is 0.250. The minimum atomic E-state index is -0.169. The molecule has 20 heavy (non-hydrogen) atoms. The van der Waals surface area contributed by atoms with Crippen LogP contribution in [0.15, 0.2) is 52.3 Å². The Labute approximate surface area is 128 Å². The molecule has 2 aromatic rings. The van der Waals surface area contributed by atoms with Crippen molar-refractivity contribution in [3.8, 4) is 0 Å². The van der Waals surface area contributed by atoms with Crippen LogP contribution in [0.2, 0.25) is 5.02 Å². The molecule has 0 aliphatic carbocycles. The molecule has 0 spiro atoms. The Morgan fingerprint density at radius 2 is 1.85 bits per heavy atom. The van der Waals surface area contributed by atoms with Crippen molar-refractivity contribution in [1.82, 2.24) is 5.32 Å². The van der Waals surface area contributed by atoms with Crippen molar-refractivity contribution >= 4 is 23.4 Å². The Balaban J connectivity index is 2.22. The van der Waals surface area contributed by atoms with E-state index < -0.39 is 0 Å². The number of benzene rings is 2. The summed E-state index contributed by atoms with van der Waals surface area (Å²) < 4.78 is 14.0. The molecule has 2 aromatic carbocycles. The summed E-state index contributed by atoms with van der Waals surface area (Å²) in [5.74, 6) is -0.169. The van der Waals surface area contributed by atoms with Crippen LogP contribution in [-0.4, -0.2) is 6.04 Å². The Bertz CT molecular complexity index is 569. The molecule has 1 N–H and O–H groups in total. The summed E-state index contributed by atoms with van der Waals surface area (Å²) in [7, 11) is 0. The maximum absolute atomic E-state index is 14.0. The lowest BCUT2D eigenvalue weighted by Gasteiger charge is -2.13. The van der Waals surface area contributed by atoms with Crippen molar-refractivity contribution in [2.45, 2.75) is 36.2 Å². The molecule has 0 amide bonds. The third-order valence-corrected chi connectivity index (χ3v) is 4.17. The van der Waals surface area contributed by atoms with Crippen LogP contribution in [0.1, 0.15) is 19.4 Å². The Kier molecular flexibility index (Phi) is 5.46. The Morgan fingerprint density at radius 3 is 2.50 bits per heavy atom. The molecule has 0 aliphatic heterocycles. The molecule has 0 aliphatic rings. The molecule has 1 nitrogen and oxygen atoms in total. The summed E-state index contributed by atoms with van der Waals surface area (Å²) in [6.45, 7) is 4.62. The van der Waals surface area contributed by atoms with E-state index in [9.17, 15) is 4.39 Å². The fourth-order valence-corrected chi connectivity index (χ4v) is 2.83. The summed E-state index contributed by atoms with van der Waals surface area (Å²) in [5.41, 5.74) is 0.709. The molecule has 0 saturated heterocycles. The van der Waals surface area contributed by atoms with E-state index in [1.165, 1.54) is 6.07 Å². The zero-order chi connectivity index (χ0) is 14.5. The van der Waals surface area contributed by atoms with E-state index in [-0.39, 0.29) is 5.82 Å². The maximum Gasteiger partial charge on any atom is 0.128 e. The largest absolute Gasteiger partial charge is 0.310 e. The van der Waals surface area contributed by atoms with Gasteiger partial charge in [0, 0.05) is 33.0 Å². The van der Waals surface area contributed by atoms with Crippen LogP contribution in [0, 0.1) is 5.82 Å². The SMILES string of the molecule is CC(C)NCc1c(F)cccc1Sc1ccc(Cl)cc1. The quantitative estimate of drug-likeness (QED) is 0.822. The van der Waals surface area contributed by atoms with Crippen molar-refractivity contribution in [3.05, 3.63) is 58.9 Å². The van der Waals surface area contributed by atoms with Crippen LogP contribution in [0.5, 0.6) is 0 Å². The second kappa shape index (κ2) is 7.11. The average molecular weight is 310 g/mol. The molecule has 2 rings (SSSR count). The van der Waals surface area contributed by atoms with Crippen LogP contribution in [0.25, 0.3) is 0 Å². The lowest BCUT2D eigenvalue weighted by molar-refractivity contribution is 0.546. The highest BCUT2D eigenvalue weighted by molar-refractivity contribution is 7.99. The minimum Gasteiger partial charge on any atom is -0.310 e. The van der Waals surface area contributed by atoms with E-state index >= 15 is 0 Å². The highest BCUT2D eigenvalue weighted by Crippen LogP contribution is 2.32. The van der Waals surface area contributed by atoms with Gasteiger partial charge in [-0.2, -0.15) is 0 Å². The van der Waals surface area contributed by atoms with Gasteiger partial charge in [0.2, 0.25) is 0 Å². The second-order valence-corrected chi connectivity index (χ2v) is 6.36. The number of nitrogens with one attached hydrogen (secondary N) is 1. The van der Waals surface area contributed by atoms with Gasteiger partial charge in [0.15, 0.2) is 0 Å². The van der Waals surface area contributed by atoms with E-state index in [1.54, 1.807) is 17.8 Å². The van der Waals surface area contributed by atoms with Crippen molar-refractivity contribution < 1.29 is 4.39 Å². The van der Waals surface area contributed by atoms with Crippen LogP contribution in [0.4, 0.5) is 4.39 Å². The molecule has 106 valence electrons. The molecule has 4 heteroatoms. The van der Waals surface area contributed by atoms with Gasteiger partial charge in [-0.1, -0.05) is 43.3 Å². The standard InChI is InChI=1S/C16H17ClFNS/c1-11(2)19-10-14-15(18)4-3-5-16(14)20-13-8-6-12(17)7-9-13/h3-9,11,19H,10H2,1-2H3. The molecule has 0 fully saturated rings. The van der Waals surface area contributed by atoms with Gasteiger partial charge in [0.05, 0.1) is 0 Å². The predicted molar refractivity (Wildman–Crippen MR) is 84.0 cm³/mol. The lowest BCUT2D eigenvalue weighted by Crippen LogP contribution is -2.22. The molecular weight excluding hydrogens is 293 g/mol. The van der Waals surface area contributed by atoms with Gasteiger partial charge in [0.25, 0.3) is 0 Å². The van der Waals surface area contributed by atoms with Gasteiger partial charge < -0.3 is 5.32 Å². The topological polar surface area (TPSA) is 12.0 Å². The number of halogens is 2. The first kappa shape index (κ1) is 15.4. The normalized spacial score (nSPS) is 11.1. The zero-order valence-corrected chi connectivity index (χ0v) is 13.1. The van der Waals surface area contributed by atoms with E-state index in [2.05, 4.69) is 5.32 Å². The highest BCUT2D eigenvalue weighted by Gasteiger charge is 2.10. The summed E-state index contributed by atoms with van der Waals surface area (Å²) in [6.07, 6.45) is 0. The number of hydrogen-bond donors (Lipinski definition) is 1. The van der Waals surface area contributed by atoms with Gasteiger partial charge in [-0.25, -0.2) is 4.39 Å². The third-order valence-electron chi connectivity index (χ3n) is 2.80. The first-order chi connectivity index (χ1) is 9.56. The molecule has 0 atom stereocenters. The lowest BCUT2D eigenvalue weighted by atomic mass is 10.2. The van der Waals surface area contributed by atoms with E-state index in [0.717, 1.165) is 9.79 Å². The van der Waals surface area contributed by atoms with E-state index in [4.69, 9.17) is 11.6 Å². The zero-order valence-electron chi connectivity index (χ0n) is 11.5. The highest BCUT2D eigenvalue weighted by atomic mass is 35.5. The van der Waals surface area contributed by atoms with Crippen LogP contribution in [-0.2, 0) is 6.54 Å². The molecule has 0 radical (unpaired) electrons. The van der Waals surface area contributed by atoms with Crippen LogP contribution < -0.4 is 5.32 Å². The first-order valence-corrected chi connectivity index (χ1v) is 7.70. The molecule has 0 unspecified atom stereocenters. The van der Waals surface area contributed by atoms with Crippen LogP contribution >= 0.6 is 23.4 Å². The summed E-state index contributed by atoms with van der Waals surface area (Å²) >= 11 is 7.43. The Morgan fingerprint density at radius 1 is 1.15 bits per heavy atom. The molecule has 0 bridgehead atoms. The maximum atomic E-state index is 14.0. The molecular formula is C16H17ClFNS. The van der Waals surface area contributed by atoms with Crippen molar-refractivity contribution in [3.63, 3.8) is 0 Å². The first-order valence-electron chi connectivity index (χ1n) is 6.50. The summed E-state index contributed by atoms with van der Waals surface area (Å²) in [5, 5.41) is 3.97. The molecule has 0 heterocycles. The number of rotatable bonds is 5. The number of hydrogen-bond acceptors (Lipinski definition) is 2. The van der Waals surface area contributed by atoms with Crippen molar-refractivity contribution in [2.75, 3.05) is 0 Å². The van der Waals surface area contributed by atoms with Gasteiger partial charge in [0.1, 0.15) is 5.82 Å². The summed E-state index contributed by atoms with van der Waals surface area (Å²) in [6, 6.07) is 13.1. The van der Waals surface area contributed by atoms with Gasteiger partial charge in [-0.15, -0.1) is 0 Å². The van der Waals surface area contributed by atoms with E-state index in [0.29, 0.717) is 23.2 Å². The van der Waals surface area contributed by atoms with Crippen LogP contribution in [0.3, 0.4) is 0 Å². The molecule has 0 saturated carbocycles. The van der Waals surface area contributed by atoms with Gasteiger partial charge in [-0.3, -0.25) is 0 Å². The third kappa shape index (κ3) is 4.23. The smallest absolute Gasteiger partial charge is 0.128 e. The fourth-order valence-electron chi connectivity index (χ4n) is 1.74. The second-order valence-electron chi connectivity index (χ2n) is 4.81. The van der Waals surface area contributed by atoms with E-state index in [1.807, 2.05) is 44.2 Å². The Hall–Kier alpha value is -1.03. The monoisotopic (exact) mass is 309 g/mol.